The number of hydrogen-bond donors (Lipinski definition) is 2. The monoisotopic (exact) mass is 549 g/mol. The van der Waals surface area contributed by atoms with E-state index in [-0.39, 0.29) is 11.1 Å². The van der Waals surface area contributed by atoms with Crippen molar-refractivity contribution in [1.29, 1.82) is 0 Å². The number of allylic oxidation sites excluding steroid dienone is 1. The number of primary amides is 1. The molecule has 3 heterocycles. The van der Waals surface area contributed by atoms with E-state index in [1.165, 1.54) is 18.5 Å². The molecule has 2 aliphatic heterocycles. The number of nitrogens with zero attached hydrogens (tertiary/aromatic N) is 6. The number of quaternary nitrogens is 1. The zero-order chi connectivity index (χ0) is 28.1. The number of aromatic nitrogens is 2. The van der Waals surface area contributed by atoms with Gasteiger partial charge >= 0.3 is 0 Å². The molecule has 1 saturated heterocycles. The summed E-state index contributed by atoms with van der Waals surface area (Å²) in [6.07, 6.45) is 5.63. The second-order valence-corrected chi connectivity index (χ2v) is 9.97. The molecular formula is C28H34FN8O3+. The highest BCUT2D eigenvalue weighted by Gasteiger charge is 2.36. The summed E-state index contributed by atoms with van der Waals surface area (Å²) < 4.78 is 25.4. The van der Waals surface area contributed by atoms with Gasteiger partial charge in [-0.25, -0.2) is 14.4 Å². The van der Waals surface area contributed by atoms with E-state index < -0.39 is 11.7 Å². The summed E-state index contributed by atoms with van der Waals surface area (Å²) >= 11 is 0. The number of likely N-dealkylation sites (N-methyl/N-ethyl adjacent to an activating group) is 1. The molecular weight excluding hydrogens is 515 g/mol. The van der Waals surface area contributed by atoms with Crippen LogP contribution in [0.3, 0.4) is 0 Å². The molecule has 210 valence electrons. The molecule has 40 heavy (non-hydrogen) atoms. The van der Waals surface area contributed by atoms with Crippen molar-refractivity contribution in [2.45, 2.75) is 6.42 Å². The van der Waals surface area contributed by atoms with E-state index in [0.717, 1.165) is 39.1 Å². The summed E-state index contributed by atoms with van der Waals surface area (Å²) in [5.74, 6) is 0.685. The molecule has 0 aliphatic carbocycles. The second-order valence-electron chi connectivity index (χ2n) is 9.97. The number of anilines is 1. The Hall–Kier alpha value is -4.13. The van der Waals surface area contributed by atoms with Gasteiger partial charge in [0, 0.05) is 56.3 Å². The van der Waals surface area contributed by atoms with Crippen LogP contribution in [0.5, 0.6) is 11.5 Å². The molecule has 1 amide bonds. The predicted molar refractivity (Wildman–Crippen MR) is 153 cm³/mol. The van der Waals surface area contributed by atoms with E-state index in [2.05, 4.69) is 37.2 Å². The number of nitrogens with two attached hydrogens (primary N) is 1. The fraction of sp³-hybridized carbons (Fsp3) is 0.357. The average Bonchev–Trinajstić information content (AvgIpc) is 3.34. The molecule has 2 aliphatic rings. The molecule has 12 heteroatoms. The lowest BCUT2D eigenvalue weighted by molar-refractivity contribution is -0.118. The molecule has 1 aromatic heterocycles. The Balaban J connectivity index is 1.33. The first-order valence-electron chi connectivity index (χ1n) is 13.2. The molecule has 1 unspecified atom stereocenters. The van der Waals surface area contributed by atoms with Crippen LogP contribution in [0.2, 0.25) is 0 Å². The molecule has 0 radical (unpaired) electrons. The quantitative estimate of drug-likeness (QED) is 0.277. The fourth-order valence-electron chi connectivity index (χ4n) is 4.91. The third kappa shape index (κ3) is 6.19. The summed E-state index contributed by atoms with van der Waals surface area (Å²) in [7, 11) is 3.74. The van der Waals surface area contributed by atoms with Crippen LogP contribution in [0, 0.1) is 5.82 Å². The van der Waals surface area contributed by atoms with Crippen molar-refractivity contribution in [2.24, 2.45) is 10.8 Å². The predicted octanol–water partition coefficient (Wildman–Crippen LogP) is 2.54. The van der Waals surface area contributed by atoms with E-state index in [1.54, 1.807) is 31.7 Å². The van der Waals surface area contributed by atoms with Crippen LogP contribution in [0.15, 0.2) is 59.7 Å². The van der Waals surface area contributed by atoms with Crippen molar-refractivity contribution < 1.29 is 18.7 Å². The minimum atomic E-state index is -0.577. The van der Waals surface area contributed by atoms with E-state index in [1.807, 2.05) is 12.1 Å². The maximum Gasteiger partial charge on any atom is 0.276 e. The summed E-state index contributed by atoms with van der Waals surface area (Å²) in [4.78, 5) is 25.5. The molecule has 11 nitrogen and oxygen atoms in total. The zero-order valence-electron chi connectivity index (χ0n) is 22.7. The van der Waals surface area contributed by atoms with Crippen molar-refractivity contribution in [1.82, 2.24) is 24.4 Å². The molecule has 5 rings (SSSR count). The van der Waals surface area contributed by atoms with Gasteiger partial charge in [-0.15, -0.1) is 4.59 Å². The Morgan fingerprint density at radius 3 is 2.73 bits per heavy atom. The van der Waals surface area contributed by atoms with E-state index in [4.69, 9.17) is 15.2 Å². The summed E-state index contributed by atoms with van der Waals surface area (Å²) in [6, 6.07) is 9.60. The fourth-order valence-corrected chi connectivity index (χ4v) is 4.91. The third-order valence-electron chi connectivity index (χ3n) is 7.06. The highest BCUT2D eigenvalue weighted by atomic mass is 19.1. The average molecular weight is 550 g/mol. The van der Waals surface area contributed by atoms with Gasteiger partial charge in [-0.1, -0.05) is 11.2 Å². The zero-order valence-corrected chi connectivity index (χ0v) is 22.7. The highest BCUT2D eigenvalue weighted by Crippen LogP contribution is 2.35. The molecule has 2 aromatic carbocycles. The number of piperazine rings is 1. The van der Waals surface area contributed by atoms with Crippen molar-refractivity contribution in [3.8, 4) is 11.5 Å². The van der Waals surface area contributed by atoms with Crippen LogP contribution in [0.4, 0.5) is 15.9 Å². The van der Waals surface area contributed by atoms with E-state index >= 15 is 0 Å². The lowest BCUT2D eigenvalue weighted by Crippen LogP contribution is -2.44. The van der Waals surface area contributed by atoms with Gasteiger partial charge in [-0.2, -0.15) is 0 Å². The first kappa shape index (κ1) is 27.4. The molecule has 3 aromatic rings. The number of ether oxygens (including phenoxy) is 2. The van der Waals surface area contributed by atoms with Crippen molar-refractivity contribution in [3.63, 3.8) is 0 Å². The van der Waals surface area contributed by atoms with Crippen molar-refractivity contribution in [3.05, 3.63) is 60.4 Å². The van der Waals surface area contributed by atoms with E-state index in [9.17, 15) is 9.18 Å². The Morgan fingerprint density at radius 2 is 1.98 bits per heavy atom. The topological polar surface area (TPSA) is 118 Å². The Morgan fingerprint density at radius 1 is 1.15 bits per heavy atom. The second kappa shape index (κ2) is 11.9. The normalized spacial score (nSPS) is 19.5. The number of carbonyl (C=O) groups excluding carboxylic acids is 1. The minimum Gasteiger partial charge on any atom is -0.493 e. The first-order valence-corrected chi connectivity index (χ1v) is 13.2. The Labute approximate surface area is 232 Å². The summed E-state index contributed by atoms with van der Waals surface area (Å²) in [5.41, 5.74) is 7.22. The van der Waals surface area contributed by atoms with Gasteiger partial charge < -0.3 is 30.3 Å². The minimum absolute atomic E-state index is 0.168. The van der Waals surface area contributed by atoms with Crippen molar-refractivity contribution >= 4 is 34.5 Å². The van der Waals surface area contributed by atoms with Gasteiger partial charge in [0.1, 0.15) is 29.9 Å². The number of benzene rings is 2. The van der Waals surface area contributed by atoms with Gasteiger partial charge in [-0.05, 0) is 25.6 Å². The molecule has 1 fully saturated rings. The lowest BCUT2D eigenvalue weighted by atomic mass is 10.2. The van der Waals surface area contributed by atoms with Crippen LogP contribution >= 0.6 is 0 Å². The van der Waals surface area contributed by atoms with Gasteiger partial charge in [0.15, 0.2) is 29.9 Å². The Kier molecular flexibility index (Phi) is 8.19. The maximum absolute atomic E-state index is 14.0. The van der Waals surface area contributed by atoms with E-state index in [0.29, 0.717) is 46.2 Å². The number of rotatable bonds is 11. The van der Waals surface area contributed by atoms with Gasteiger partial charge in [0.2, 0.25) is 0 Å². The molecule has 0 bridgehead atoms. The van der Waals surface area contributed by atoms with Gasteiger partial charge in [0.05, 0.1) is 19.2 Å². The maximum atomic E-state index is 14.0. The van der Waals surface area contributed by atoms with Gasteiger partial charge in [0.25, 0.3) is 5.91 Å². The number of carbonyl (C=O) groups is 1. The largest absolute Gasteiger partial charge is 0.493 e. The SMILES string of the molecule is COc1cc2c(NC3=C[N+](CC(N)=O)(c4cccc(F)c4)N=C3)ncnc2cc1OCCCN1CCN(C)CC1. The summed E-state index contributed by atoms with van der Waals surface area (Å²) in [5, 5.41) is 8.46. The first-order chi connectivity index (χ1) is 19.3. The molecule has 0 saturated carbocycles. The van der Waals surface area contributed by atoms with Crippen LogP contribution in [0.1, 0.15) is 6.42 Å². The number of hydrogen-bond acceptors (Lipinski definition) is 9. The number of amides is 1. The standard InChI is InChI=1S/C28H33FN8O3/c1-35-8-10-36(11-9-35)7-4-12-40-26-15-24-23(14-25(26)39-2)28(32-19-31-24)34-21-16-33-37(17-21,18-27(30)38)22-6-3-5-20(29)13-22/h3,5-6,13-17,19H,4,7-12,18H2,1-2H3,(H2-,30,31,32,34,38)/p+1. The van der Waals surface area contributed by atoms with Crippen LogP contribution in [-0.2, 0) is 4.79 Å². The number of methoxy groups -OCH3 is 1. The number of nitrogens with one attached hydrogen (secondary N) is 1. The summed E-state index contributed by atoms with van der Waals surface area (Å²) in [6.45, 7) is 5.72. The molecule has 0 spiro atoms. The van der Waals surface area contributed by atoms with Crippen LogP contribution in [0.25, 0.3) is 10.9 Å². The molecule has 1 atom stereocenters. The van der Waals surface area contributed by atoms with Crippen LogP contribution < -0.4 is 25.1 Å². The smallest absolute Gasteiger partial charge is 0.276 e. The number of fused-ring (bicyclic) bond motifs is 1. The van der Waals surface area contributed by atoms with Crippen LogP contribution in [-0.4, -0.2) is 91.9 Å². The lowest BCUT2D eigenvalue weighted by Gasteiger charge is -2.32. The molecule has 3 N–H and O–H groups in total. The number of halogens is 1. The van der Waals surface area contributed by atoms with Gasteiger partial charge in [-0.3, -0.25) is 4.79 Å². The Bertz CT molecular complexity index is 1440. The third-order valence-corrected chi connectivity index (χ3v) is 7.06. The van der Waals surface area contributed by atoms with Crippen molar-refractivity contribution in [2.75, 3.05) is 65.3 Å². The highest BCUT2D eigenvalue weighted by molar-refractivity contribution is 5.96.